The smallest absolute Gasteiger partial charge is 0.242 e. The van der Waals surface area contributed by atoms with Crippen LogP contribution in [0.2, 0.25) is 0 Å². The van der Waals surface area contributed by atoms with Crippen molar-refractivity contribution in [2.24, 2.45) is 5.41 Å². The number of fused-ring (bicyclic) bond motifs is 1. The van der Waals surface area contributed by atoms with Crippen LogP contribution in [0.4, 0.5) is 20.2 Å². The molecule has 244 valence electrons. The number of benzene rings is 2. The molecule has 1 saturated carbocycles. The van der Waals surface area contributed by atoms with Gasteiger partial charge in [-0.15, -0.1) is 0 Å². The second kappa shape index (κ2) is 14.6. The summed E-state index contributed by atoms with van der Waals surface area (Å²) in [4.78, 5) is 38.6. The zero-order valence-corrected chi connectivity index (χ0v) is 26.1. The highest BCUT2D eigenvalue weighted by Gasteiger charge is 2.57. The van der Waals surface area contributed by atoms with Gasteiger partial charge in [-0.25, -0.2) is 13.8 Å². The lowest BCUT2D eigenvalue weighted by molar-refractivity contribution is -0.132. The minimum atomic E-state index is -1.26. The van der Waals surface area contributed by atoms with Gasteiger partial charge in [0.15, 0.2) is 11.6 Å². The summed E-state index contributed by atoms with van der Waals surface area (Å²) in [7, 11) is 1.54. The third-order valence-corrected chi connectivity index (χ3v) is 7.85. The van der Waals surface area contributed by atoms with E-state index < -0.39 is 28.9 Å². The molecule has 1 saturated heterocycles. The van der Waals surface area contributed by atoms with Gasteiger partial charge in [0.1, 0.15) is 23.6 Å². The van der Waals surface area contributed by atoms with Gasteiger partial charge >= 0.3 is 0 Å². The molecule has 0 atom stereocenters. The molecule has 2 aromatic heterocycles. The Morgan fingerprint density at radius 3 is 2.46 bits per heavy atom. The number of morpholine rings is 1. The monoisotopic (exact) mass is 635 g/mol. The lowest BCUT2D eigenvalue weighted by atomic mass is 10.0. The lowest BCUT2D eigenvalue weighted by Crippen LogP contribution is -2.41. The van der Waals surface area contributed by atoms with Gasteiger partial charge in [-0.2, -0.15) is 0 Å². The zero-order valence-electron chi connectivity index (χ0n) is 26.1. The summed E-state index contributed by atoms with van der Waals surface area (Å²) in [5.41, 5.74) is -0.0333. The van der Waals surface area contributed by atoms with E-state index >= 15 is 4.39 Å². The van der Waals surface area contributed by atoms with Crippen molar-refractivity contribution in [3.05, 3.63) is 78.6 Å². The van der Waals surface area contributed by atoms with E-state index in [9.17, 15) is 14.0 Å². The van der Waals surface area contributed by atoms with Crippen molar-refractivity contribution in [1.82, 2.24) is 14.9 Å². The molecule has 46 heavy (non-hydrogen) atoms. The molecule has 1 aliphatic heterocycles. The second-order valence-corrected chi connectivity index (χ2v) is 10.8. The van der Waals surface area contributed by atoms with Gasteiger partial charge in [0.25, 0.3) is 0 Å². The van der Waals surface area contributed by atoms with Crippen LogP contribution in [-0.4, -0.2) is 73.2 Å². The molecule has 3 heterocycles. The van der Waals surface area contributed by atoms with Crippen LogP contribution in [0.15, 0.2) is 67.0 Å². The maximum atomic E-state index is 15.2. The van der Waals surface area contributed by atoms with Crippen molar-refractivity contribution in [3.8, 4) is 17.4 Å². The normalized spacial score (nSPS) is 15.3. The average Bonchev–Trinajstić information content (AvgIpc) is 3.90. The molecular weight excluding hydrogens is 596 g/mol. The standard InChI is InChI=1S/C32H31F2N5O5.C2H6.H2/c1-38(23-5-2-21(33)3-6-23)31(41)32(9-10-32)30(40)37-22-4-7-28(25(34)18-22)44-27-8-11-35-26-19-29(36-20-24(26)27)43-17-14-39-12-15-42-16-13-39;1-2;/h2-8,11,18-20H,9-10,12-17H2,1H3,(H,37,40);1-2H3;1H. The van der Waals surface area contributed by atoms with Gasteiger partial charge in [0.05, 0.1) is 24.1 Å². The van der Waals surface area contributed by atoms with E-state index in [0.29, 0.717) is 47.7 Å². The summed E-state index contributed by atoms with van der Waals surface area (Å²) < 4.78 is 45.5. The van der Waals surface area contributed by atoms with Crippen molar-refractivity contribution in [3.63, 3.8) is 0 Å². The highest BCUT2D eigenvalue weighted by atomic mass is 19.1. The first-order valence-corrected chi connectivity index (χ1v) is 15.3. The van der Waals surface area contributed by atoms with E-state index in [-0.39, 0.29) is 12.9 Å². The van der Waals surface area contributed by atoms with Gasteiger partial charge in [0, 0.05) is 64.0 Å². The molecule has 2 fully saturated rings. The zero-order chi connectivity index (χ0) is 32.7. The highest BCUT2D eigenvalue weighted by molar-refractivity contribution is 6.17. The first-order chi connectivity index (χ1) is 22.3. The fourth-order valence-electron chi connectivity index (χ4n) is 5.07. The van der Waals surface area contributed by atoms with Crippen LogP contribution in [-0.2, 0) is 14.3 Å². The molecule has 2 amide bonds. The number of pyridine rings is 2. The molecule has 1 aliphatic carbocycles. The highest BCUT2D eigenvalue weighted by Crippen LogP contribution is 2.48. The number of hydrogen-bond acceptors (Lipinski definition) is 8. The number of aromatic nitrogens is 2. The molecule has 0 radical (unpaired) electrons. The van der Waals surface area contributed by atoms with Crippen molar-refractivity contribution in [2.45, 2.75) is 26.7 Å². The number of rotatable bonds is 10. The fourth-order valence-corrected chi connectivity index (χ4v) is 5.07. The molecule has 0 spiro atoms. The van der Waals surface area contributed by atoms with E-state index in [4.69, 9.17) is 14.2 Å². The van der Waals surface area contributed by atoms with Crippen molar-refractivity contribution < 1.29 is 34.0 Å². The minimum absolute atomic E-state index is 0. The van der Waals surface area contributed by atoms with Gasteiger partial charge in [-0.05, 0) is 55.3 Å². The van der Waals surface area contributed by atoms with E-state index in [1.54, 1.807) is 24.5 Å². The molecule has 0 bridgehead atoms. The molecule has 2 aromatic carbocycles. The second-order valence-electron chi connectivity index (χ2n) is 10.8. The largest absolute Gasteiger partial charge is 0.476 e. The Hall–Kier alpha value is -4.68. The molecule has 0 unspecified atom stereocenters. The number of nitrogens with zero attached hydrogens (tertiary/aromatic N) is 4. The Kier molecular flexibility index (Phi) is 10.4. The topological polar surface area (TPSA) is 106 Å². The maximum Gasteiger partial charge on any atom is 0.242 e. The quantitative estimate of drug-likeness (QED) is 0.210. The van der Waals surface area contributed by atoms with Crippen LogP contribution < -0.4 is 19.7 Å². The first kappa shape index (κ1) is 32.7. The Morgan fingerprint density at radius 2 is 1.76 bits per heavy atom. The third-order valence-electron chi connectivity index (χ3n) is 7.85. The SMILES string of the molecule is CC.CN(C(=O)C1(C(=O)Nc2ccc(Oc3ccnc4cc(OCCN5CCOCC5)ncc34)c(F)c2)CC1)c1ccc(F)cc1.[HH]. The predicted molar refractivity (Wildman–Crippen MR) is 172 cm³/mol. The number of hydrogen-bond donors (Lipinski definition) is 1. The number of halogens is 2. The molecule has 4 aromatic rings. The molecular formula is C34H39F2N5O5. The van der Waals surface area contributed by atoms with E-state index in [1.807, 2.05) is 13.8 Å². The minimum Gasteiger partial charge on any atom is -0.476 e. The van der Waals surface area contributed by atoms with Crippen LogP contribution in [0.1, 0.15) is 28.1 Å². The van der Waals surface area contributed by atoms with Crippen LogP contribution in [0, 0.1) is 17.0 Å². The first-order valence-electron chi connectivity index (χ1n) is 15.3. The number of carbonyl (C=O) groups is 2. The Morgan fingerprint density at radius 1 is 1.02 bits per heavy atom. The van der Waals surface area contributed by atoms with Crippen molar-refractivity contribution in [1.29, 1.82) is 0 Å². The van der Waals surface area contributed by atoms with Gasteiger partial charge in [-0.1, -0.05) is 13.8 Å². The van der Waals surface area contributed by atoms with Crippen LogP contribution >= 0.6 is 0 Å². The van der Waals surface area contributed by atoms with E-state index in [0.717, 1.165) is 38.9 Å². The van der Waals surface area contributed by atoms with E-state index in [1.165, 1.54) is 48.3 Å². The predicted octanol–water partition coefficient (Wildman–Crippen LogP) is 6.07. The molecule has 2 aliphatic rings. The average molecular weight is 636 g/mol. The van der Waals surface area contributed by atoms with E-state index in [2.05, 4.69) is 20.2 Å². The van der Waals surface area contributed by atoms with Crippen molar-refractivity contribution >= 4 is 34.1 Å². The van der Waals surface area contributed by atoms with Crippen LogP contribution in [0.3, 0.4) is 0 Å². The summed E-state index contributed by atoms with van der Waals surface area (Å²) in [6, 6.07) is 12.8. The number of ether oxygens (including phenoxy) is 3. The summed E-state index contributed by atoms with van der Waals surface area (Å²) in [5, 5.41) is 3.23. The van der Waals surface area contributed by atoms with Gasteiger partial charge in [-0.3, -0.25) is 19.5 Å². The van der Waals surface area contributed by atoms with Gasteiger partial charge < -0.3 is 24.4 Å². The number of nitrogens with one attached hydrogen (secondary N) is 1. The third kappa shape index (κ3) is 7.40. The number of amides is 2. The molecule has 10 nitrogen and oxygen atoms in total. The summed E-state index contributed by atoms with van der Waals surface area (Å²) in [5.74, 6) is -1.35. The summed E-state index contributed by atoms with van der Waals surface area (Å²) in [6.45, 7) is 8.43. The van der Waals surface area contributed by atoms with Crippen molar-refractivity contribution in [2.75, 3.05) is 56.7 Å². The van der Waals surface area contributed by atoms with Gasteiger partial charge in [0.2, 0.25) is 17.7 Å². The number of anilines is 2. The molecule has 6 rings (SSSR count). The Bertz CT molecular complexity index is 1680. The Labute approximate surface area is 267 Å². The lowest BCUT2D eigenvalue weighted by Gasteiger charge is -2.26. The summed E-state index contributed by atoms with van der Waals surface area (Å²) in [6.07, 6.45) is 3.84. The number of carbonyl (C=O) groups excluding carboxylic acids is 2. The molecule has 12 heteroatoms. The Balaban J connectivity index is 0.00000164. The summed E-state index contributed by atoms with van der Waals surface area (Å²) >= 11 is 0. The van der Waals surface area contributed by atoms with Crippen LogP contribution in [0.5, 0.6) is 17.4 Å². The van der Waals surface area contributed by atoms with Crippen LogP contribution in [0.25, 0.3) is 10.9 Å². The molecule has 1 N–H and O–H groups in total. The maximum absolute atomic E-state index is 15.2. The fraction of sp³-hybridized carbons (Fsp3) is 0.353.